The smallest absolute Gasteiger partial charge is 0.274 e. The van der Waals surface area contributed by atoms with E-state index in [4.69, 9.17) is 9.97 Å². The molecule has 5 rings (SSSR count). The highest BCUT2D eigenvalue weighted by molar-refractivity contribution is 7.91. The van der Waals surface area contributed by atoms with Crippen LogP contribution < -0.4 is 0 Å². The molecular formula is C22H26N4O3S2. The maximum absolute atomic E-state index is 13.6. The Balaban J connectivity index is 1.67. The number of thiophene rings is 1. The first-order valence-electron chi connectivity index (χ1n) is 10.9. The van der Waals surface area contributed by atoms with Crippen LogP contribution in [0.25, 0.3) is 21.6 Å². The van der Waals surface area contributed by atoms with Crippen LogP contribution in [0.1, 0.15) is 54.5 Å². The van der Waals surface area contributed by atoms with Crippen molar-refractivity contribution in [3.05, 3.63) is 35.1 Å². The zero-order valence-electron chi connectivity index (χ0n) is 17.6. The quantitative estimate of drug-likeness (QED) is 0.595. The Hall–Kier alpha value is -2.26. The predicted octanol–water partition coefficient (Wildman–Crippen LogP) is 3.84. The van der Waals surface area contributed by atoms with Crippen molar-refractivity contribution in [1.82, 2.24) is 19.4 Å². The zero-order valence-corrected chi connectivity index (χ0v) is 19.2. The first-order chi connectivity index (χ1) is 14.9. The number of hydrogen-bond acceptors (Lipinski definition) is 6. The van der Waals surface area contributed by atoms with Crippen molar-refractivity contribution in [1.29, 1.82) is 0 Å². The molecule has 2 saturated heterocycles. The molecule has 31 heavy (non-hydrogen) atoms. The first kappa shape index (κ1) is 20.6. The van der Waals surface area contributed by atoms with Crippen LogP contribution >= 0.6 is 11.3 Å². The summed E-state index contributed by atoms with van der Waals surface area (Å²) in [7, 11) is -3.05. The second-order valence-electron chi connectivity index (χ2n) is 8.49. The molecule has 0 N–H and O–H groups in total. The van der Waals surface area contributed by atoms with Gasteiger partial charge in [-0.2, -0.15) is 0 Å². The Labute approximate surface area is 186 Å². The molecule has 5 heterocycles. The summed E-state index contributed by atoms with van der Waals surface area (Å²) in [4.78, 5) is 26.0. The summed E-state index contributed by atoms with van der Waals surface area (Å²) >= 11 is 1.58. The molecule has 0 bridgehead atoms. The number of rotatable bonds is 3. The van der Waals surface area contributed by atoms with Crippen molar-refractivity contribution < 1.29 is 13.2 Å². The largest absolute Gasteiger partial charge is 0.337 e. The number of pyridine rings is 1. The molecule has 2 fully saturated rings. The van der Waals surface area contributed by atoms with E-state index in [2.05, 4.69) is 0 Å². The fourth-order valence-electron chi connectivity index (χ4n) is 4.77. The molecule has 2 aliphatic heterocycles. The number of likely N-dealkylation sites (tertiary alicyclic amines) is 1. The van der Waals surface area contributed by atoms with E-state index in [-0.39, 0.29) is 23.5 Å². The fraction of sp³-hybridized carbons (Fsp3) is 0.500. The monoisotopic (exact) mass is 458 g/mol. The zero-order chi connectivity index (χ0) is 21.6. The number of imidazole rings is 1. The minimum Gasteiger partial charge on any atom is -0.337 e. The van der Waals surface area contributed by atoms with Gasteiger partial charge in [0.1, 0.15) is 11.3 Å². The Kier molecular flexibility index (Phi) is 5.34. The average Bonchev–Trinajstić information content (AvgIpc) is 3.40. The first-order valence-corrected chi connectivity index (χ1v) is 13.6. The molecule has 0 aromatic carbocycles. The van der Waals surface area contributed by atoms with Gasteiger partial charge in [0.15, 0.2) is 15.5 Å². The SMILES string of the molecule is Cc1nc2c(C(=O)N3CCCCCC3)nc(-c3cccs3)cc2n1C1CCS(=O)(=O)C1. The van der Waals surface area contributed by atoms with Crippen LogP contribution in [0, 0.1) is 6.92 Å². The molecule has 7 nitrogen and oxygen atoms in total. The van der Waals surface area contributed by atoms with E-state index in [9.17, 15) is 13.2 Å². The maximum atomic E-state index is 13.6. The predicted molar refractivity (Wildman–Crippen MR) is 122 cm³/mol. The Morgan fingerprint density at radius 2 is 1.94 bits per heavy atom. The van der Waals surface area contributed by atoms with Gasteiger partial charge in [0, 0.05) is 13.1 Å². The molecule has 2 aliphatic rings. The number of nitrogens with zero attached hydrogens (tertiary/aromatic N) is 4. The summed E-state index contributed by atoms with van der Waals surface area (Å²) in [6, 6.07) is 5.77. The van der Waals surface area contributed by atoms with E-state index in [0.29, 0.717) is 17.6 Å². The lowest BCUT2D eigenvalue weighted by Gasteiger charge is -2.20. The van der Waals surface area contributed by atoms with Crippen molar-refractivity contribution in [2.75, 3.05) is 24.6 Å². The second kappa shape index (κ2) is 8.02. The van der Waals surface area contributed by atoms with E-state index in [1.54, 1.807) is 11.3 Å². The van der Waals surface area contributed by atoms with E-state index < -0.39 is 9.84 Å². The molecule has 164 valence electrons. The normalized spacial score (nSPS) is 21.5. The van der Waals surface area contributed by atoms with Gasteiger partial charge in [-0.15, -0.1) is 11.3 Å². The number of amides is 1. The Morgan fingerprint density at radius 3 is 2.58 bits per heavy atom. The topological polar surface area (TPSA) is 85.2 Å². The van der Waals surface area contributed by atoms with E-state index in [1.165, 1.54) is 0 Å². The summed E-state index contributed by atoms with van der Waals surface area (Å²) in [5, 5.41) is 1.99. The van der Waals surface area contributed by atoms with Gasteiger partial charge in [-0.1, -0.05) is 18.9 Å². The highest BCUT2D eigenvalue weighted by Gasteiger charge is 2.33. The summed E-state index contributed by atoms with van der Waals surface area (Å²) < 4.78 is 26.3. The summed E-state index contributed by atoms with van der Waals surface area (Å²) in [6.07, 6.45) is 4.87. The number of carbonyl (C=O) groups excluding carboxylic acids is 1. The molecule has 0 saturated carbocycles. The van der Waals surface area contributed by atoms with Crippen LogP contribution in [0.15, 0.2) is 23.6 Å². The average molecular weight is 459 g/mol. The second-order valence-corrected chi connectivity index (χ2v) is 11.7. The van der Waals surface area contributed by atoms with Gasteiger partial charge >= 0.3 is 0 Å². The van der Waals surface area contributed by atoms with E-state index in [1.807, 2.05) is 40.0 Å². The molecule has 3 aromatic rings. The van der Waals surface area contributed by atoms with E-state index >= 15 is 0 Å². The molecule has 9 heteroatoms. The van der Waals surface area contributed by atoms with Crippen molar-refractivity contribution in [2.24, 2.45) is 0 Å². The molecular weight excluding hydrogens is 432 g/mol. The molecule has 0 spiro atoms. The van der Waals surface area contributed by atoms with Crippen molar-refractivity contribution >= 4 is 38.1 Å². The third-order valence-corrected chi connectivity index (χ3v) is 8.94. The van der Waals surface area contributed by atoms with Crippen LogP contribution in [0.2, 0.25) is 0 Å². The third kappa shape index (κ3) is 3.89. The van der Waals surface area contributed by atoms with Crippen molar-refractivity contribution in [3.63, 3.8) is 0 Å². The van der Waals surface area contributed by atoms with Crippen LogP contribution in [0.5, 0.6) is 0 Å². The summed E-state index contributed by atoms with van der Waals surface area (Å²) in [5.74, 6) is 0.964. The standard InChI is InChI=1S/C22H26N4O3S2/c1-15-23-20-18(26(15)16-8-12-31(28,29)14-16)13-17(19-7-6-11-30-19)24-21(20)22(27)25-9-4-2-3-5-10-25/h6-7,11,13,16H,2-5,8-10,12,14H2,1H3. The minimum absolute atomic E-state index is 0.0750. The van der Waals surface area contributed by atoms with Gasteiger partial charge in [-0.05, 0) is 43.7 Å². The molecule has 3 aromatic heterocycles. The third-order valence-electron chi connectivity index (χ3n) is 6.30. The van der Waals surface area contributed by atoms with Crippen LogP contribution in [-0.4, -0.2) is 58.4 Å². The van der Waals surface area contributed by atoms with Gasteiger partial charge in [0.25, 0.3) is 5.91 Å². The lowest BCUT2D eigenvalue weighted by atomic mass is 10.2. The highest BCUT2D eigenvalue weighted by atomic mass is 32.2. The van der Waals surface area contributed by atoms with Gasteiger partial charge in [-0.25, -0.2) is 18.4 Å². The number of fused-ring (bicyclic) bond motifs is 1. The number of aryl methyl sites for hydroxylation is 1. The molecule has 1 amide bonds. The maximum Gasteiger partial charge on any atom is 0.274 e. The van der Waals surface area contributed by atoms with Gasteiger partial charge in [0.05, 0.1) is 33.6 Å². The van der Waals surface area contributed by atoms with Gasteiger partial charge in [-0.3, -0.25) is 4.79 Å². The van der Waals surface area contributed by atoms with Gasteiger partial charge in [0.2, 0.25) is 0 Å². The van der Waals surface area contributed by atoms with Gasteiger partial charge < -0.3 is 9.47 Å². The number of aromatic nitrogens is 3. The molecule has 1 atom stereocenters. The van der Waals surface area contributed by atoms with E-state index in [0.717, 1.165) is 60.7 Å². The Bertz CT molecular complexity index is 1220. The van der Waals surface area contributed by atoms with Crippen LogP contribution in [0.3, 0.4) is 0 Å². The summed E-state index contributed by atoms with van der Waals surface area (Å²) in [5.41, 5.74) is 2.50. The number of hydrogen-bond donors (Lipinski definition) is 0. The Morgan fingerprint density at radius 1 is 1.16 bits per heavy atom. The summed E-state index contributed by atoms with van der Waals surface area (Å²) in [6.45, 7) is 3.37. The van der Waals surface area contributed by atoms with Crippen LogP contribution in [-0.2, 0) is 9.84 Å². The molecule has 0 aliphatic carbocycles. The lowest BCUT2D eigenvalue weighted by Crippen LogP contribution is -2.32. The van der Waals surface area contributed by atoms with Crippen LogP contribution in [0.4, 0.5) is 0 Å². The fourth-order valence-corrected chi connectivity index (χ4v) is 7.16. The minimum atomic E-state index is -3.05. The molecule has 0 radical (unpaired) electrons. The highest BCUT2D eigenvalue weighted by Crippen LogP contribution is 2.34. The number of sulfone groups is 1. The van der Waals surface area contributed by atoms with Crippen molar-refractivity contribution in [3.8, 4) is 10.6 Å². The van der Waals surface area contributed by atoms with Crippen molar-refractivity contribution in [2.45, 2.75) is 45.1 Å². The molecule has 1 unspecified atom stereocenters. The number of carbonyl (C=O) groups is 1. The lowest BCUT2D eigenvalue weighted by molar-refractivity contribution is 0.0758.